The molecular weight excluding hydrogens is 881 g/mol. The van der Waals surface area contributed by atoms with Crippen LogP contribution in [-0.4, -0.2) is 143 Å². The SMILES string of the molecule is CC.COc1ccccc1-c1cc2c(nn1)NCC1CN(CC3CCN(CCOc4cc(C(C(=O)N5CC(O)CC5C(=O)NC(C)c5ccc(-c6scnc6C)cc5)C(C)C)on4)CC3)CCN21. The zero-order valence-corrected chi connectivity index (χ0v) is 41.4. The first-order valence-electron chi connectivity index (χ1n) is 24.4. The van der Waals surface area contributed by atoms with E-state index in [0.717, 1.165) is 115 Å². The van der Waals surface area contributed by atoms with Gasteiger partial charge in [-0.15, -0.1) is 21.5 Å². The quantitative estimate of drug-likeness (QED) is 0.0991. The van der Waals surface area contributed by atoms with Gasteiger partial charge in [-0.25, -0.2) is 4.98 Å². The summed E-state index contributed by atoms with van der Waals surface area (Å²) < 4.78 is 17.4. The second-order valence-electron chi connectivity index (χ2n) is 18.6. The second kappa shape index (κ2) is 22.2. The number of piperazine rings is 1. The molecule has 17 heteroatoms. The van der Waals surface area contributed by atoms with Crippen LogP contribution in [-0.2, 0) is 9.59 Å². The van der Waals surface area contributed by atoms with E-state index >= 15 is 0 Å². The number of likely N-dealkylation sites (tertiary alicyclic amines) is 2. The normalized spacial score (nSPS) is 20.7. The fourth-order valence-corrected chi connectivity index (χ4v) is 11.0. The van der Waals surface area contributed by atoms with E-state index in [9.17, 15) is 14.7 Å². The minimum atomic E-state index is -0.814. The number of methoxy groups -OCH3 is 1. The lowest BCUT2D eigenvalue weighted by Crippen LogP contribution is -2.58. The Labute approximate surface area is 404 Å². The van der Waals surface area contributed by atoms with Gasteiger partial charge in [0.1, 0.15) is 24.3 Å². The molecule has 5 atom stereocenters. The molecule has 2 amide bonds. The van der Waals surface area contributed by atoms with E-state index in [1.54, 1.807) is 24.5 Å². The van der Waals surface area contributed by atoms with Gasteiger partial charge in [-0.3, -0.25) is 19.4 Å². The molecule has 0 radical (unpaired) electrons. The summed E-state index contributed by atoms with van der Waals surface area (Å²) >= 11 is 1.60. The van der Waals surface area contributed by atoms with E-state index < -0.39 is 18.1 Å². The number of thiazole rings is 1. The van der Waals surface area contributed by atoms with Gasteiger partial charge in [0.05, 0.1) is 52.8 Å². The van der Waals surface area contributed by atoms with Crippen molar-refractivity contribution in [1.29, 1.82) is 0 Å². The number of hydrogen-bond donors (Lipinski definition) is 3. The predicted octanol–water partition coefficient (Wildman–Crippen LogP) is 6.88. The largest absolute Gasteiger partial charge is 0.496 e. The molecule has 16 nitrogen and oxygen atoms in total. The summed E-state index contributed by atoms with van der Waals surface area (Å²) in [4.78, 5) is 42.5. The summed E-state index contributed by atoms with van der Waals surface area (Å²) in [6.45, 7) is 20.0. The van der Waals surface area contributed by atoms with Crippen LogP contribution in [0.1, 0.15) is 82.9 Å². The summed E-state index contributed by atoms with van der Waals surface area (Å²) in [5.74, 6) is 1.56. The van der Waals surface area contributed by atoms with Crippen LogP contribution >= 0.6 is 11.3 Å². The molecule has 0 bridgehead atoms. The van der Waals surface area contributed by atoms with Crippen LogP contribution in [0.3, 0.4) is 0 Å². The van der Waals surface area contributed by atoms with E-state index in [4.69, 9.17) is 14.0 Å². The molecule has 5 unspecified atom stereocenters. The van der Waals surface area contributed by atoms with Crippen molar-refractivity contribution in [2.45, 2.75) is 91.0 Å². The molecule has 2 aromatic carbocycles. The standard InChI is InChI=1S/C49H62N10O6S.C2H6/c1-30(2)45(49(62)59-28-37(60)22-41(59)48(61)52-31(3)34-10-12-35(13-11-34)46-32(4)51-29-66-46)43-24-44(55-65-43)64-21-20-56-16-14-33(15-17-56)26-57-18-19-58-36(27-57)25-50-47-40(58)23-39(53-54-47)38-8-6-7-9-42(38)63-5;1-2/h6-13,23-24,29-31,33,36-37,41,45,60H,14-22,25-28H2,1-5H3,(H,50,54)(H,52,61);1-2H3. The number of piperidine rings is 1. The number of rotatable bonds is 15. The maximum Gasteiger partial charge on any atom is 0.254 e. The Hall–Kier alpha value is -5.62. The molecule has 68 heavy (non-hydrogen) atoms. The monoisotopic (exact) mass is 949 g/mol. The number of aliphatic hydroxyl groups excluding tert-OH is 1. The minimum absolute atomic E-state index is 0.0676. The minimum Gasteiger partial charge on any atom is -0.496 e. The van der Waals surface area contributed by atoms with Gasteiger partial charge in [0.2, 0.25) is 11.8 Å². The number of amides is 2. The van der Waals surface area contributed by atoms with Crippen LogP contribution in [0.5, 0.6) is 11.6 Å². The van der Waals surface area contributed by atoms with Crippen LogP contribution < -0.4 is 25.0 Å². The van der Waals surface area contributed by atoms with E-state index in [0.29, 0.717) is 30.2 Å². The highest BCUT2D eigenvalue weighted by molar-refractivity contribution is 7.13. The Morgan fingerprint density at radius 2 is 1.76 bits per heavy atom. The number of nitrogens with zero attached hydrogens (tertiary/aromatic N) is 8. The van der Waals surface area contributed by atoms with E-state index in [1.165, 1.54) is 4.90 Å². The number of para-hydroxylation sites is 1. The van der Waals surface area contributed by atoms with Crippen molar-refractivity contribution in [1.82, 2.24) is 40.4 Å². The van der Waals surface area contributed by atoms with E-state index in [-0.39, 0.29) is 36.7 Å². The zero-order chi connectivity index (χ0) is 47.9. The van der Waals surface area contributed by atoms with Crippen molar-refractivity contribution < 1.29 is 28.7 Å². The average molecular weight is 949 g/mol. The number of aromatic nitrogens is 4. The van der Waals surface area contributed by atoms with Gasteiger partial charge < -0.3 is 39.5 Å². The topological polar surface area (TPSA) is 175 Å². The third-order valence-electron chi connectivity index (χ3n) is 13.8. The molecule has 5 aromatic rings. The number of hydrogen-bond acceptors (Lipinski definition) is 15. The Balaban J connectivity index is 0.00000308. The summed E-state index contributed by atoms with van der Waals surface area (Å²) in [6, 6.07) is 19.1. The van der Waals surface area contributed by atoms with Gasteiger partial charge in [-0.1, -0.05) is 64.1 Å². The lowest BCUT2D eigenvalue weighted by Gasteiger charge is -2.47. The molecule has 4 aliphatic heterocycles. The first kappa shape index (κ1) is 48.8. The van der Waals surface area contributed by atoms with Crippen molar-refractivity contribution in [3.05, 3.63) is 83.2 Å². The maximum absolute atomic E-state index is 14.2. The smallest absolute Gasteiger partial charge is 0.254 e. The van der Waals surface area contributed by atoms with E-state index in [2.05, 4.69) is 51.7 Å². The van der Waals surface area contributed by atoms with Crippen LogP contribution in [0.4, 0.5) is 11.5 Å². The van der Waals surface area contributed by atoms with E-state index in [1.807, 2.05) is 95.6 Å². The molecule has 3 aromatic heterocycles. The first-order chi connectivity index (χ1) is 33.0. The van der Waals surface area contributed by atoms with Crippen molar-refractivity contribution in [3.63, 3.8) is 0 Å². The Kier molecular flexibility index (Phi) is 15.9. The molecular formula is C51H68N10O6S. The Bertz CT molecular complexity index is 2460. The third kappa shape index (κ3) is 11.0. The highest BCUT2D eigenvalue weighted by atomic mass is 32.1. The summed E-state index contributed by atoms with van der Waals surface area (Å²) in [5.41, 5.74) is 7.70. The van der Waals surface area contributed by atoms with Gasteiger partial charge >= 0.3 is 0 Å². The number of aryl methyl sites for hydroxylation is 1. The molecule has 3 fully saturated rings. The zero-order valence-electron chi connectivity index (χ0n) is 40.6. The fourth-order valence-electron chi connectivity index (χ4n) is 10.1. The van der Waals surface area contributed by atoms with Crippen molar-refractivity contribution >= 4 is 34.7 Å². The number of anilines is 2. The molecule has 3 saturated heterocycles. The van der Waals surface area contributed by atoms with Crippen LogP contribution in [0.2, 0.25) is 0 Å². The molecule has 4 aliphatic rings. The molecule has 7 heterocycles. The summed E-state index contributed by atoms with van der Waals surface area (Å²) in [7, 11) is 1.68. The van der Waals surface area contributed by atoms with Crippen molar-refractivity contribution in [2.75, 3.05) is 82.8 Å². The summed E-state index contributed by atoms with van der Waals surface area (Å²) in [5, 5.41) is 30.6. The molecule has 364 valence electrons. The number of carbonyl (C=O) groups is 2. The number of β-amino-alcohol motifs (C(OH)–C–C–N with tert-alkyl or cyclic N) is 1. The maximum atomic E-state index is 14.2. The number of nitrogens with one attached hydrogen (secondary N) is 2. The number of ether oxygens (including phenoxy) is 2. The number of aliphatic hydroxyl groups is 1. The van der Waals surface area contributed by atoms with Gasteiger partial charge in [-0.2, -0.15) is 0 Å². The third-order valence-corrected chi connectivity index (χ3v) is 14.8. The lowest BCUT2D eigenvalue weighted by molar-refractivity contribution is -0.141. The van der Waals surface area contributed by atoms with Crippen molar-refractivity contribution in [3.8, 4) is 33.3 Å². The van der Waals surface area contributed by atoms with Crippen LogP contribution in [0.15, 0.2) is 70.7 Å². The first-order valence-corrected chi connectivity index (χ1v) is 25.3. The lowest BCUT2D eigenvalue weighted by atomic mass is 9.91. The van der Waals surface area contributed by atoms with Gasteiger partial charge in [-0.05, 0) is 86.1 Å². The fraction of sp³-hybridized carbons (Fsp3) is 0.529. The highest BCUT2D eigenvalue weighted by Gasteiger charge is 2.44. The molecule has 0 aliphatic carbocycles. The molecule has 0 saturated carbocycles. The van der Waals surface area contributed by atoms with Crippen LogP contribution in [0, 0.1) is 18.8 Å². The Morgan fingerprint density at radius 1 is 0.985 bits per heavy atom. The predicted molar refractivity (Wildman–Crippen MR) is 265 cm³/mol. The van der Waals surface area contributed by atoms with Gasteiger partial charge in [0.25, 0.3) is 5.88 Å². The second-order valence-corrected chi connectivity index (χ2v) is 19.4. The molecule has 0 spiro atoms. The molecule has 3 N–H and O–H groups in total. The van der Waals surface area contributed by atoms with Gasteiger partial charge in [0.15, 0.2) is 11.6 Å². The number of carbonyl (C=O) groups excluding carboxylic acids is 2. The average Bonchev–Trinajstić information content (AvgIpc) is 4.12. The van der Waals surface area contributed by atoms with Crippen molar-refractivity contribution in [2.24, 2.45) is 11.8 Å². The summed E-state index contributed by atoms with van der Waals surface area (Å²) in [6.07, 6.45) is 1.63. The Morgan fingerprint density at radius 3 is 2.50 bits per heavy atom. The van der Waals surface area contributed by atoms with Gasteiger partial charge in [0, 0.05) is 63.9 Å². The molecule has 9 rings (SSSR count). The highest BCUT2D eigenvalue weighted by Crippen LogP contribution is 2.37. The number of benzene rings is 2. The van der Waals surface area contributed by atoms with Crippen LogP contribution in [0.25, 0.3) is 21.7 Å². The number of fused-ring (bicyclic) bond motifs is 3.